The first-order chi connectivity index (χ1) is 9.33. The van der Waals surface area contributed by atoms with Gasteiger partial charge in [0.15, 0.2) is 0 Å². The molecule has 100 valence electrons. The summed E-state index contributed by atoms with van der Waals surface area (Å²) in [6, 6.07) is 1.76. The summed E-state index contributed by atoms with van der Waals surface area (Å²) in [6.07, 6.45) is 9.65. The van der Waals surface area contributed by atoms with Crippen molar-refractivity contribution in [2.75, 3.05) is 6.54 Å². The van der Waals surface area contributed by atoms with Crippen molar-refractivity contribution in [3.8, 4) is 0 Å². The highest BCUT2D eigenvalue weighted by Gasteiger charge is 2.17. The molecule has 1 fully saturated rings. The number of aromatic nitrogens is 4. The van der Waals surface area contributed by atoms with E-state index in [0.717, 1.165) is 6.54 Å². The Morgan fingerprint density at radius 3 is 3.00 bits per heavy atom. The number of amides is 1. The lowest BCUT2D eigenvalue weighted by molar-refractivity contribution is 0.0933. The van der Waals surface area contributed by atoms with E-state index in [1.807, 2.05) is 0 Å². The predicted molar refractivity (Wildman–Crippen MR) is 69.7 cm³/mol. The maximum atomic E-state index is 12.0. The van der Waals surface area contributed by atoms with Crippen LogP contribution in [0.4, 0.5) is 0 Å². The second-order valence-corrected chi connectivity index (χ2v) is 5.01. The van der Waals surface area contributed by atoms with E-state index in [1.54, 1.807) is 18.5 Å². The average Bonchev–Trinajstić information content (AvgIpc) is 2.90. The van der Waals surface area contributed by atoms with Crippen molar-refractivity contribution in [3.05, 3.63) is 24.3 Å². The summed E-state index contributed by atoms with van der Waals surface area (Å²) in [7, 11) is 0. The minimum absolute atomic E-state index is 0.189. The lowest BCUT2D eigenvalue weighted by Crippen LogP contribution is -2.31. The maximum absolute atomic E-state index is 12.0. The van der Waals surface area contributed by atoms with Crippen molar-refractivity contribution in [1.29, 1.82) is 0 Å². The molecule has 1 aliphatic rings. The van der Waals surface area contributed by atoms with E-state index < -0.39 is 0 Å². The number of nitrogens with zero attached hydrogens (tertiary/aromatic N) is 4. The molecule has 0 saturated heterocycles. The molecule has 2 aromatic rings. The Kier molecular flexibility index (Phi) is 3.39. The molecule has 0 aromatic carbocycles. The molecule has 0 spiro atoms. The van der Waals surface area contributed by atoms with Crippen LogP contribution in [0, 0.1) is 5.92 Å². The monoisotopic (exact) mass is 259 g/mol. The number of rotatable bonds is 3. The summed E-state index contributed by atoms with van der Waals surface area (Å²) in [5.41, 5.74) is 0. The van der Waals surface area contributed by atoms with Crippen molar-refractivity contribution in [2.24, 2.45) is 5.92 Å². The minimum atomic E-state index is -0.212. The summed E-state index contributed by atoms with van der Waals surface area (Å²) in [5, 5.41) is 7.03. The van der Waals surface area contributed by atoms with Crippen LogP contribution in [0.5, 0.6) is 0 Å². The molecule has 6 nitrogen and oxygen atoms in total. The highest BCUT2D eigenvalue weighted by atomic mass is 16.2. The van der Waals surface area contributed by atoms with E-state index in [-0.39, 0.29) is 11.7 Å². The van der Waals surface area contributed by atoms with Crippen LogP contribution in [0.3, 0.4) is 0 Å². The van der Waals surface area contributed by atoms with Crippen LogP contribution < -0.4 is 5.32 Å². The van der Waals surface area contributed by atoms with Gasteiger partial charge in [-0.3, -0.25) is 4.79 Å². The van der Waals surface area contributed by atoms with Crippen LogP contribution >= 0.6 is 0 Å². The normalized spacial score (nSPS) is 16.6. The van der Waals surface area contributed by atoms with Crippen LogP contribution in [-0.2, 0) is 0 Å². The Morgan fingerprint density at radius 2 is 2.21 bits per heavy atom. The van der Waals surface area contributed by atoms with Crippen LogP contribution in [-0.4, -0.2) is 32.0 Å². The van der Waals surface area contributed by atoms with Gasteiger partial charge in [0.1, 0.15) is 0 Å². The Bertz CT molecular complexity index is 540. The minimum Gasteiger partial charge on any atom is -0.349 e. The van der Waals surface area contributed by atoms with Crippen molar-refractivity contribution < 1.29 is 4.79 Å². The summed E-state index contributed by atoms with van der Waals surface area (Å²) in [4.78, 5) is 20.1. The van der Waals surface area contributed by atoms with Crippen LogP contribution in [0.1, 0.15) is 42.7 Å². The fourth-order valence-corrected chi connectivity index (χ4v) is 2.54. The van der Waals surface area contributed by atoms with Gasteiger partial charge < -0.3 is 5.32 Å². The van der Waals surface area contributed by atoms with Gasteiger partial charge in [-0.05, 0) is 24.8 Å². The molecule has 2 aromatic heterocycles. The topological polar surface area (TPSA) is 72.2 Å². The van der Waals surface area contributed by atoms with Gasteiger partial charge >= 0.3 is 0 Å². The van der Waals surface area contributed by atoms with E-state index in [2.05, 4.69) is 20.4 Å². The first kappa shape index (κ1) is 12.1. The fourth-order valence-electron chi connectivity index (χ4n) is 2.54. The van der Waals surface area contributed by atoms with Gasteiger partial charge in [-0.15, -0.1) is 5.10 Å². The molecule has 0 aliphatic heterocycles. The van der Waals surface area contributed by atoms with Gasteiger partial charge in [0, 0.05) is 18.9 Å². The molecule has 0 bridgehead atoms. The van der Waals surface area contributed by atoms with E-state index >= 15 is 0 Å². The molecule has 3 rings (SSSR count). The lowest BCUT2D eigenvalue weighted by atomic mass is 9.89. The zero-order valence-electron chi connectivity index (χ0n) is 10.7. The first-order valence-corrected chi connectivity index (χ1v) is 6.78. The number of carbonyl (C=O) groups excluding carboxylic acids is 1. The van der Waals surface area contributed by atoms with E-state index in [0.29, 0.717) is 11.7 Å². The number of carbonyl (C=O) groups is 1. The third kappa shape index (κ3) is 2.72. The summed E-state index contributed by atoms with van der Waals surface area (Å²) < 4.78 is 1.51. The first-order valence-electron chi connectivity index (χ1n) is 6.78. The number of hydrogen-bond donors (Lipinski definition) is 1. The maximum Gasteiger partial charge on any atom is 0.291 e. The molecule has 2 heterocycles. The highest BCUT2D eigenvalue weighted by molar-refractivity contribution is 5.90. The van der Waals surface area contributed by atoms with E-state index in [9.17, 15) is 4.79 Å². The molecule has 1 aliphatic carbocycles. The van der Waals surface area contributed by atoms with Gasteiger partial charge in [-0.2, -0.15) is 4.98 Å². The fraction of sp³-hybridized carbons (Fsp3) is 0.538. The largest absolute Gasteiger partial charge is 0.349 e. The van der Waals surface area contributed by atoms with Crippen molar-refractivity contribution >= 4 is 11.7 Å². The van der Waals surface area contributed by atoms with Gasteiger partial charge in [0.25, 0.3) is 11.7 Å². The Labute approximate surface area is 111 Å². The van der Waals surface area contributed by atoms with Crippen molar-refractivity contribution in [3.63, 3.8) is 0 Å². The van der Waals surface area contributed by atoms with E-state index in [4.69, 9.17) is 0 Å². The lowest BCUT2D eigenvalue weighted by Gasteiger charge is -2.21. The zero-order chi connectivity index (χ0) is 13.1. The quantitative estimate of drug-likeness (QED) is 0.905. The highest BCUT2D eigenvalue weighted by Crippen LogP contribution is 2.22. The molecule has 0 atom stereocenters. The molecule has 1 amide bonds. The van der Waals surface area contributed by atoms with Crippen LogP contribution in [0.2, 0.25) is 0 Å². The number of fused-ring (bicyclic) bond motifs is 1. The Hall–Kier alpha value is -1.98. The van der Waals surface area contributed by atoms with E-state index in [1.165, 1.54) is 36.6 Å². The van der Waals surface area contributed by atoms with Gasteiger partial charge in [-0.1, -0.05) is 19.3 Å². The molecule has 1 saturated carbocycles. The third-order valence-electron chi connectivity index (χ3n) is 3.60. The van der Waals surface area contributed by atoms with Crippen molar-refractivity contribution in [2.45, 2.75) is 32.1 Å². The molecule has 6 heteroatoms. The van der Waals surface area contributed by atoms with Gasteiger partial charge in [-0.25, -0.2) is 9.50 Å². The second-order valence-electron chi connectivity index (χ2n) is 5.01. The molecule has 1 N–H and O–H groups in total. The van der Waals surface area contributed by atoms with Crippen LogP contribution in [0.25, 0.3) is 5.78 Å². The summed E-state index contributed by atoms with van der Waals surface area (Å²) >= 11 is 0. The molecular weight excluding hydrogens is 242 g/mol. The average molecular weight is 259 g/mol. The summed E-state index contributed by atoms with van der Waals surface area (Å²) in [5.74, 6) is 1.03. The third-order valence-corrected chi connectivity index (χ3v) is 3.60. The zero-order valence-corrected chi connectivity index (χ0v) is 10.7. The molecule has 0 unspecified atom stereocenters. The van der Waals surface area contributed by atoms with Crippen molar-refractivity contribution in [1.82, 2.24) is 24.9 Å². The Balaban J connectivity index is 1.63. The Morgan fingerprint density at radius 1 is 1.37 bits per heavy atom. The molecule has 0 radical (unpaired) electrons. The standard InChI is InChI=1S/C13H17N5O/c19-12(15-9-10-5-2-1-3-6-10)11-16-13-14-7-4-8-18(13)17-11/h4,7-8,10H,1-3,5-6,9H2,(H,15,19). The molecule has 19 heavy (non-hydrogen) atoms. The molecular formula is C13H17N5O. The SMILES string of the molecule is O=C(NCC1CCCCC1)c1nc2ncccn2n1. The summed E-state index contributed by atoms with van der Waals surface area (Å²) in [6.45, 7) is 0.724. The van der Waals surface area contributed by atoms with Crippen LogP contribution in [0.15, 0.2) is 18.5 Å². The number of hydrogen-bond acceptors (Lipinski definition) is 4. The number of nitrogens with one attached hydrogen (secondary N) is 1. The predicted octanol–water partition coefficient (Wildman–Crippen LogP) is 1.43. The van der Waals surface area contributed by atoms with Gasteiger partial charge in [0.2, 0.25) is 5.82 Å². The second kappa shape index (κ2) is 5.34. The van der Waals surface area contributed by atoms with Gasteiger partial charge in [0.05, 0.1) is 0 Å². The smallest absolute Gasteiger partial charge is 0.291 e.